The summed E-state index contributed by atoms with van der Waals surface area (Å²) in [5.74, 6) is 0. The topological polar surface area (TPSA) is 133 Å². The van der Waals surface area contributed by atoms with E-state index in [0.717, 1.165) is 0 Å². The standard InChI is InChI=1S/2H2N.2H2O.Pt/h4*1H2;/q2*-1;;;+2/p+2. The zero-order chi connectivity index (χ0) is 0. The van der Waals surface area contributed by atoms with Crippen LogP contribution in [0.1, 0.15) is 0 Å². The van der Waals surface area contributed by atoms with Crippen molar-refractivity contribution in [2.45, 2.75) is 0 Å². The molecule has 0 saturated heterocycles. The summed E-state index contributed by atoms with van der Waals surface area (Å²) in [6.45, 7) is 0. The van der Waals surface area contributed by atoms with Gasteiger partial charge in [0.05, 0.1) is 0 Å². The molecule has 0 unspecified atom stereocenters. The molecule has 0 spiro atoms. The van der Waals surface area contributed by atoms with Crippen LogP contribution in [0.3, 0.4) is 0 Å². The summed E-state index contributed by atoms with van der Waals surface area (Å²) < 4.78 is 0. The fourth-order valence-electron chi connectivity index (χ4n) is 0. The Kier molecular flexibility index (Phi) is 16400. The second-order valence-corrected chi connectivity index (χ2v) is 0. The van der Waals surface area contributed by atoms with Gasteiger partial charge >= 0.3 is 21.1 Å². The Balaban J connectivity index is 0. The molecule has 0 atom stereocenters. The summed E-state index contributed by atoms with van der Waals surface area (Å²) in [5, 5.41) is 0. The molecule has 0 aromatic rings. The van der Waals surface area contributed by atoms with Crippen LogP contribution in [0.4, 0.5) is 0 Å². The maximum Gasteiger partial charge on any atom is 2.00 e. The molecule has 0 rings (SSSR count). The van der Waals surface area contributed by atoms with Crippen molar-refractivity contribution in [3.05, 3.63) is 12.3 Å². The van der Waals surface area contributed by atoms with Gasteiger partial charge in [-0.2, -0.15) is 0 Å². The van der Waals surface area contributed by atoms with Gasteiger partial charge in [0, 0.05) is 0 Å². The van der Waals surface area contributed by atoms with E-state index in [1.165, 1.54) is 0 Å². The van der Waals surface area contributed by atoms with Crippen molar-refractivity contribution in [3.8, 4) is 0 Å². The van der Waals surface area contributed by atoms with Gasteiger partial charge in [-0.3, -0.25) is 0 Å². The van der Waals surface area contributed by atoms with Crippen molar-refractivity contribution >= 4 is 0 Å². The Bertz CT molecular complexity index is 7.61. The fraction of sp³-hybridized carbons (Fsp3) is 0. The Labute approximate surface area is 45.0 Å². The third-order valence-electron chi connectivity index (χ3n) is 0. The number of rotatable bonds is 0. The van der Waals surface area contributed by atoms with Crippen molar-refractivity contribution in [2.24, 2.45) is 0 Å². The molecule has 10 N–H and O–H groups in total. The molecule has 0 aliphatic carbocycles. The summed E-state index contributed by atoms with van der Waals surface area (Å²) in [7, 11) is 0. The van der Waals surface area contributed by atoms with Crippen molar-refractivity contribution in [1.82, 2.24) is 0 Å². The van der Waals surface area contributed by atoms with Crippen LogP contribution >= 0.6 is 0 Å². The Morgan fingerprint density at radius 2 is 0.600 bits per heavy atom. The van der Waals surface area contributed by atoms with E-state index in [9.17, 15) is 0 Å². The molecule has 0 aliphatic rings. The smallest absolute Gasteiger partial charge is 0.693 e. The van der Waals surface area contributed by atoms with Crippen LogP contribution in [0.25, 0.3) is 12.3 Å². The predicted octanol–water partition coefficient (Wildman–Crippen LogP) is -0.412. The normalized spacial score (nSPS) is 0. The number of hydrogen-bond acceptors (Lipinski definition) is 0. The van der Waals surface area contributed by atoms with Crippen molar-refractivity contribution < 1.29 is 32.0 Å². The van der Waals surface area contributed by atoms with E-state index in [2.05, 4.69) is 0 Å². The second kappa shape index (κ2) is 202. The maximum absolute atomic E-state index is 0. The second-order valence-electron chi connectivity index (χ2n) is 0. The maximum atomic E-state index is 0. The first kappa shape index (κ1) is 406. The van der Waals surface area contributed by atoms with Crippen molar-refractivity contribution in [2.75, 3.05) is 0 Å². The van der Waals surface area contributed by atoms with E-state index in [1.54, 1.807) is 0 Å². The molecule has 5 heavy (non-hydrogen) atoms. The minimum absolute atomic E-state index is 0. The summed E-state index contributed by atoms with van der Waals surface area (Å²) >= 11 is 0. The van der Waals surface area contributed by atoms with Crippen LogP contribution in [-0.4, -0.2) is 0 Å². The molecule has 0 fully saturated rings. The quantitative estimate of drug-likeness (QED) is 0.526. The molecule has 40 valence electrons. The SMILES string of the molecule is [NH2-].[NH2-].[OH3+].[OH3+].[Pt+2]. The van der Waals surface area contributed by atoms with Gasteiger partial charge in [0.15, 0.2) is 0 Å². The molecule has 0 aromatic heterocycles. The van der Waals surface area contributed by atoms with Gasteiger partial charge in [0.1, 0.15) is 0 Å². The van der Waals surface area contributed by atoms with Crippen LogP contribution in [0, 0.1) is 0 Å². The van der Waals surface area contributed by atoms with E-state index in [-0.39, 0.29) is 44.3 Å². The Hall–Kier alpha value is 0.528. The van der Waals surface area contributed by atoms with Crippen LogP contribution in [0.5, 0.6) is 0 Å². The van der Waals surface area contributed by atoms with Crippen LogP contribution < -0.4 is 0 Å². The zero-order valence-electron chi connectivity index (χ0n) is 2.63. The number of nitrogens with two attached hydrogens (primary N) is 2. The first-order chi connectivity index (χ1) is 0. The summed E-state index contributed by atoms with van der Waals surface area (Å²) in [5.41, 5.74) is 0. The van der Waals surface area contributed by atoms with Gasteiger partial charge in [-0.05, 0) is 0 Å². The molecule has 0 amide bonds. The Morgan fingerprint density at radius 1 is 0.600 bits per heavy atom. The van der Waals surface area contributed by atoms with Crippen LogP contribution in [0.2, 0.25) is 0 Å². The van der Waals surface area contributed by atoms with E-state index < -0.39 is 0 Å². The van der Waals surface area contributed by atoms with Gasteiger partial charge in [-0.1, -0.05) is 0 Å². The molecule has 0 bridgehead atoms. The van der Waals surface area contributed by atoms with E-state index in [4.69, 9.17) is 0 Å². The van der Waals surface area contributed by atoms with Gasteiger partial charge in [-0.25, -0.2) is 0 Å². The van der Waals surface area contributed by atoms with E-state index >= 15 is 0 Å². The van der Waals surface area contributed by atoms with Gasteiger partial charge in [-0.15, -0.1) is 0 Å². The minimum Gasteiger partial charge on any atom is -0.693 e. The van der Waals surface area contributed by atoms with Crippen LogP contribution in [0.15, 0.2) is 0 Å². The first-order valence-electron chi connectivity index (χ1n) is 0. The van der Waals surface area contributed by atoms with Gasteiger partial charge < -0.3 is 23.3 Å². The van der Waals surface area contributed by atoms with E-state index in [1.807, 2.05) is 0 Å². The third kappa shape index (κ3) is 104. The Morgan fingerprint density at radius 3 is 0.600 bits per heavy atom. The van der Waals surface area contributed by atoms with Crippen molar-refractivity contribution in [1.29, 1.82) is 0 Å². The summed E-state index contributed by atoms with van der Waals surface area (Å²) in [6, 6.07) is 0. The zero-order valence-corrected chi connectivity index (χ0v) is 4.90. The molecule has 4 nitrogen and oxygen atoms in total. The predicted molar refractivity (Wildman–Crippen MR) is 20.3 cm³/mol. The summed E-state index contributed by atoms with van der Waals surface area (Å²) in [4.78, 5) is 0. The molecule has 0 radical (unpaired) electrons. The molecule has 5 heteroatoms. The van der Waals surface area contributed by atoms with E-state index in [0.29, 0.717) is 0 Å². The first-order valence-corrected chi connectivity index (χ1v) is 0. The van der Waals surface area contributed by atoms with Crippen LogP contribution in [-0.2, 0) is 32.0 Å². The average Bonchev–Trinajstić information content (AvgIpc) is 0. The molecular formula is H10N2O2Pt+2. The van der Waals surface area contributed by atoms with Crippen molar-refractivity contribution in [3.63, 3.8) is 0 Å². The molecule has 0 aliphatic heterocycles. The fourth-order valence-corrected chi connectivity index (χ4v) is 0. The molecule has 0 saturated carbocycles. The molecule has 0 aromatic carbocycles. The van der Waals surface area contributed by atoms with Gasteiger partial charge in [0.2, 0.25) is 0 Å². The average molecular weight is 265 g/mol. The summed E-state index contributed by atoms with van der Waals surface area (Å²) in [6.07, 6.45) is 0. The number of hydrogen-bond donors (Lipinski definition) is 0. The largest absolute Gasteiger partial charge is 2.00 e. The molecular weight excluding hydrogens is 255 g/mol. The van der Waals surface area contributed by atoms with Gasteiger partial charge in [0.25, 0.3) is 0 Å². The third-order valence-corrected chi connectivity index (χ3v) is 0. The molecule has 0 heterocycles. The monoisotopic (exact) mass is 265 g/mol. The minimum atomic E-state index is 0.